The van der Waals surface area contributed by atoms with Crippen molar-refractivity contribution in [1.82, 2.24) is 0 Å². The molecule has 26 heavy (non-hydrogen) atoms. The first-order chi connectivity index (χ1) is 12.3. The van der Waals surface area contributed by atoms with Crippen LogP contribution in [0, 0.1) is 24.6 Å². The van der Waals surface area contributed by atoms with E-state index in [-0.39, 0.29) is 20.1 Å². The fourth-order valence-electron chi connectivity index (χ4n) is 6.17. The number of hydrogen-bond donors (Lipinski definition) is 0. The van der Waals surface area contributed by atoms with E-state index in [0.717, 1.165) is 29.4 Å². The molecule has 1 heterocycles. The standard InChI is InChI=1S/C23H24N2.Ir/c1-24-14-25(19-5-3-2-4-6-19)23-13-21-18-10-15-7-16(11-18)9-17(8-15)20(21)12-22(23)24;/h2-5,12-18H,7-11H2,1H3;/q-2;. The molecule has 0 N–H and O–H groups in total. The predicted molar refractivity (Wildman–Crippen MR) is 102 cm³/mol. The molecule has 4 bridgehead atoms. The molecule has 2 aromatic rings. The van der Waals surface area contributed by atoms with Crippen LogP contribution in [0.2, 0.25) is 0 Å². The minimum Gasteiger partial charge on any atom is -0.504 e. The molecule has 2 nitrogen and oxygen atoms in total. The van der Waals surface area contributed by atoms with Crippen molar-refractivity contribution in [2.45, 2.75) is 43.9 Å². The molecule has 1 aliphatic heterocycles. The number of para-hydroxylation sites is 1. The summed E-state index contributed by atoms with van der Waals surface area (Å²) in [5.41, 5.74) is 7.17. The van der Waals surface area contributed by atoms with Gasteiger partial charge in [0.1, 0.15) is 0 Å². The van der Waals surface area contributed by atoms with Gasteiger partial charge in [-0.1, -0.05) is 0 Å². The molecule has 3 heteroatoms. The van der Waals surface area contributed by atoms with Crippen molar-refractivity contribution < 1.29 is 20.1 Å². The van der Waals surface area contributed by atoms with Gasteiger partial charge in [0.25, 0.3) is 0 Å². The molecule has 0 amide bonds. The first-order valence-electron chi connectivity index (χ1n) is 9.78. The molecule has 1 radical (unpaired) electrons. The number of rotatable bonds is 1. The van der Waals surface area contributed by atoms with Crippen LogP contribution in [0.1, 0.15) is 55.1 Å². The molecular formula is C23H24IrN2-2. The summed E-state index contributed by atoms with van der Waals surface area (Å²) in [5, 5.41) is 0. The van der Waals surface area contributed by atoms with E-state index in [1.165, 1.54) is 43.5 Å². The Bertz CT molecular complexity index is 820. The van der Waals surface area contributed by atoms with Crippen molar-refractivity contribution >= 4 is 17.1 Å². The third-order valence-electron chi connectivity index (χ3n) is 7.08. The van der Waals surface area contributed by atoms with Crippen molar-refractivity contribution in [3.8, 4) is 0 Å². The molecule has 2 saturated carbocycles. The Morgan fingerprint density at radius 3 is 2.19 bits per heavy atom. The molecule has 0 spiro atoms. The third-order valence-corrected chi connectivity index (χ3v) is 7.08. The van der Waals surface area contributed by atoms with Crippen LogP contribution in [-0.4, -0.2) is 7.05 Å². The van der Waals surface area contributed by atoms with Gasteiger partial charge in [0.05, 0.1) is 0 Å². The maximum absolute atomic E-state index is 3.39. The van der Waals surface area contributed by atoms with E-state index in [2.05, 4.69) is 53.8 Å². The van der Waals surface area contributed by atoms with Crippen LogP contribution >= 0.6 is 0 Å². The monoisotopic (exact) mass is 521 g/mol. The van der Waals surface area contributed by atoms with E-state index in [9.17, 15) is 0 Å². The normalized spacial score (nSPS) is 30.7. The van der Waals surface area contributed by atoms with E-state index in [1.807, 2.05) is 12.1 Å². The molecule has 2 aromatic carbocycles. The molecule has 137 valence electrons. The Hall–Kier alpha value is -1.31. The zero-order chi connectivity index (χ0) is 16.5. The summed E-state index contributed by atoms with van der Waals surface area (Å²) >= 11 is 0. The van der Waals surface area contributed by atoms with Gasteiger partial charge >= 0.3 is 0 Å². The predicted octanol–water partition coefficient (Wildman–Crippen LogP) is 5.58. The summed E-state index contributed by atoms with van der Waals surface area (Å²) in [6.07, 6.45) is 7.22. The van der Waals surface area contributed by atoms with Crippen molar-refractivity contribution in [1.29, 1.82) is 0 Å². The van der Waals surface area contributed by atoms with Crippen LogP contribution in [0.5, 0.6) is 0 Å². The molecule has 4 aliphatic carbocycles. The molecule has 2 unspecified atom stereocenters. The van der Waals surface area contributed by atoms with Gasteiger partial charge in [0.2, 0.25) is 0 Å². The molecule has 0 saturated heterocycles. The van der Waals surface area contributed by atoms with Gasteiger partial charge in [0, 0.05) is 31.5 Å². The summed E-state index contributed by atoms with van der Waals surface area (Å²) in [5.74, 6) is 3.56. The number of nitrogens with zero attached hydrogens (tertiary/aromatic N) is 2. The number of hydrogen-bond acceptors (Lipinski definition) is 2. The first-order valence-corrected chi connectivity index (χ1v) is 9.78. The topological polar surface area (TPSA) is 6.48 Å². The Kier molecular flexibility index (Phi) is 3.95. The van der Waals surface area contributed by atoms with Crippen molar-refractivity contribution in [3.05, 3.63) is 60.3 Å². The van der Waals surface area contributed by atoms with Crippen LogP contribution < -0.4 is 9.80 Å². The van der Waals surface area contributed by atoms with E-state index in [1.54, 1.807) is 11.1 Å². The van der Waals surface area contributed by atoms with Gasteiger partial charge in [-0.2, -0.15) is 37.0 Å². The Morgan fingerprint density at radius 1 is 0.923 bits per heavy atom. The number of anilines is 3. The number of fused-ring (bicyclic) bond motifs is 1. The van der Waals surface area contributed by atoms with E-state index in [4.69, 9.17) is 0 Å². The smallest absolute Gasteiger partial charge is 0.0329 e. The summed E-state index contributed by atoms with van der Waals surface area (Å²) < 4.78 is 0. The maximum Gasteiger partial charge on any atom is 0.0329 e. The molecule has 5 aliphatic rings. The second-order valence-corrected chi connectivity index (χ2v) is 8.62. The van der Waals surface area contributed by atoms with Crippen LogP contribution in [-0.2, 0) is 20.1 Å². The van der Waals surface area contributed by atoms with Crippen LogP contribution in [0.4, 0.5) is 17.1 Å². The van der Waals surface area contributed by atoms with E-state index < -0.39 is 0 Å². The van der Waals surface area contributed by atoms with Gasteiger partial charge < -0.3 is 9.80 Å². The van der Waals surface area contributed by atoms with Gasteiger partial charge in [-0.3, -0.25) is 0 Å². The van der Waals surface area contributed by atoms with Crippen molar-refractivity contribution in [3.63, 3.8) is 0 Å². The van der Waals surface area contributed by atoms with Crippen LogP contribution in [0.15, 0.2) is 36.4 Å². The summed E-state index contributed by atoms with van der Waals surface area (Å²) in [7, 11) is 2.18. The van der Waals surface area contributed by atoms with Crippen LogP contribution in [0.3, 0.4) is 0 Å². The fraction of sp³-hybridized carbons (Fsp3) is 0.435. The summed E-state index contributed by atoms with van der Waals surface area (Å²) in [6, 6.07) is 16.7. The summed E-state index contributed by atoms with van der Waals surface area (Å²) in [4.78, 5) is 4.59. The van der Waals surface area contributed by atoms with Crippen molar-refractivity contribution in [2.75, 3.05) is 16.8 Å². The first kappa shape index (κ1) is 16.8. The quantitative estimate of drug-likeness (QED) is 0.453. The molecule has 7 rings (SSSR count). The van der Waals surface area contributed by atoms with Gasteiger partial charge in [-0.15, -0.1) is 5.69 Å². The molecule has 2 fully saturated rings. The SMILES string of the molecule is CN1[CH-]N(c2[c-]cccc2)c2cc3c(cc21)C1CC2CC(C1)CC3C2.[Ir]. The van der Waals surface area contributed by atoms with E-state index in [0.29, 0.717) is 0 Å². The molecule has 2 atom stereocenters. The average molecular weight is 521 g/mol. The van der Waals surface area contributed by atoms with Gasteiger partial charge in [0.15, 0.2) is 0 Å². The zero-order valence-electron chi connectivity index (χ0n) is 15.1. The summed E-state index contributed by atoms with van der Waals surface area (Å²) in [6.45, 7) is 2.21. The molecule has 0 aromatic heterocycles. The van der Waals surface area contributed by atoms with E-state index >= 15 is 0 Å². The fourth-order valence-corrected chi connectivity index (χ4v) is 6.17. The van der Waals surface area contributed by atoms with Crippen LogP contribution in [0.25, 0.3) is 0 Å². The maximum atomic E-state index is 3.39. The minimum atomic E-state index is 0. The minimum absolute atomic E-state index is 0. The van der Waals surface area contributed by atoms with Gasteiger partial charge in [-0.05, 0) is 86.1 Å². The number of benzene rings is 2. The van der Waals surface area contributed by atoms with Gasteiger partial charge in [-0.25, -0.2) is 0 Å². The Morgan fingerprint density at radius 2 is 1.58 bits per heavy atom. The zero-order valence-corrected chi connectivity index (χ0v) is 17.5. The molecular weight excluding hydrogens is 496 g/mol. The Labute approximate surface area is 169 Å². The second kappa shape index (κ2) is 6.11. The second-order valence-electron chi connectivity index (χ2n) is 8.62. The Balaban J connectivity index is 0.00000150. The third kappa shape index (κ3) is 2.40. The average Bonchev–Trinajstić information content (AvgIpc) is 2.87. The largest absolute Gasteiger partial charge is 0.504 e. The van der Waals surface area contributed by atoms with Crippen molar-refractivity contribution in [2.24, 2.45) is 11.8 Å².